The van der Waals surface area contributed by atoms with Gasteiger partial charge in [-0.1, -0.05) is 26.0 Å². The third kappa shape index (κ3) is 2.49. The van der Waals surface area contributed by atoms with E-state index in [1.165, 1.54) is 0 Å². The predicted octanol–water partition coefficient (Wildman–Crippen LogP) is 2.58. The molecule has 1 rings (SSSR count). The van der Waals surface area contributed by atoms with Crippen molar-refractivity contribution >= 4 is 6.09 Å². The monoisotopic (exact) mass is 193 g/mol. The van der Waals surface area contributed by atoms with Crippen molar-refractivity contribution in [2.75, 3.05) is 0 Å². The van der Waals surface area contributed by atoms with Gasteiger partial charge in [-0.3, -0.25) is 0 Å². The Morgan fingerprint density at radius 2 is 2.07 bits per heavy atom. The summed E-state index contributed by atoms with van der Waals surface area (Å²) in [5, 5.41) is 0. The number of benzene rings is 1. The molecule has 0 radical (unpaired) electrons. The first kappa shape index (κ1) is 10.6. The Morgan fingerprint density at radius 1 is 1.43 bits per heavy atom. The zero-order chi connectivity index (χ0) is 10.7. The lowest BCUT2D eigenvalue weighted by Crippen LogP contribution is -2.17. The molecule has 0 aliphatic rings. The van der Waals surface area contributed by atoms with E-state index < -0.39 is 6.09 Å². The smallest absolute Gasteiger partial charge is 0.409 e. The zero-order valence-electron chi connectivity index (χ0n) is 8.70. The minimum atomic E-state index is -0.766. The number of carbonyl (C=O) groups excluding carboxylic acids is 1. The van der Waals surface area contributed by atoms with Gasteiger partial charge in [-0.2, -0.15) is 0 Å². The molecule has 3 nitrogen and oxygen atoms in total. The van der Waals surface area contributed by atoms with Gasteiger partial charge in [-0.15, -0.1) is 0 Å². The minimum Gasteiger partial charge on any atom is -0.410 e. The summed E-state index contributed by atoms with van der Waals surface area (Å²) in [7, 11) is 0. The van der Waals surface area contributed by atoms with Crippen LogP contribution < -0.4 is 10.5 Å². The minimum absolute atomic E-state index is 0.310. The van der Waals surface area contributed by atoms with Crippen molar-refractivity contribution in [1.29, 1.82) is 0 Å². The maximum Gasteiger partial charge on any atom is 0.409 e. The molecule has 14 heavy (non-hydrogen) atoms. The summed E-state index contributed by atoms with van der Waals surface area (Å²) in [6.45, 7) is 6.02. The Bertz CT molecular complexity index is 345. The van der Waals surface area contributed by atoms with Crippen LogP contribution in [0, 0.1) is 6.92 Å². The van der Waals surface area contributed by atoms with E-state index in [-0.39, 0.29) is 0 Å². The van der Waals surface area contributed by atoms with Gasteiger partial charge >= 0.3 is 6.09 Å². The molecule has 0 aromatic heterocycles. The molecule has 1 aromatic carbocycles. The maximum atomic E-state index is 10.7. The molecule has 0 saturated heterocycles. The summed E-state index contributed by atoms with van der Waals surface area (Å²) in [4.78, 5) is 10.7. The van der Waals surface area contributed by atoms with Gasteiger partial charge in [-0.25, -0.2) is 4.79 Å². The second kappa shape index (κ2) is 4.13. The summed E-state index contributed by atoms with van der Waals surface area (Å²) in [5.74, 6) is 0.873. The third-order valence-electron chi connectivity index (χ3n) is 2.00. The van der Waals surface area contributed by atoms with E-state index in [0.29, 0.717) is 11.7 Å². The van der Waals surface area contributed by atoms with Crippen molar-refractivity contribution in [3.8, 4) is 5.75 Å². The summed E-state index contributed by atoms with van der Waals surface area (Å²) in [6, 6.07) is 5.77. The molecule has 1 aromatic rings. The van der Waals surface area contributed by atoms with Crippen LogP contribution in [0.4, 0.5) is 4.79 Å². The Kier molecular flexibility index (Phi) is 3.12. The van der Waals surface area contributed by atoms with E-state index in [9.17, 15) is 4.79 Å². The van der Waals surface area contributed by atoms with Crippen LogP contribution in [0.25, 0.3) is 0 Å². The van der Waals surface area contributed by atoms with Crippen molar-refractivity contribution in [2.45, 2.75) is 26.7 Å². The lowest BCUT2D eigenvalue weighted by Gasteiger charge is -2.12. The van der Waals surface area contributed by atoms with Gasteiger partial charge in [-0.05, 0) is 30.0 Å². The first-order valence-corrected chi connectivity index (χ1v) is 4.58. The van der Waals surface area contributed by atoms with Gasteiger partial charge in [0.2, 0.25) is 0 Å². The number of ether oxygens (including phenoxy) is 1. The fraction of sp³-hybridized carbons (Fsp3) is 0.364. The van der Waals surface area contributed by atoms with Crippen molar-refractivity contribution in [1.82, 2.24) is 0 Å². The summed E-state index contributed by atoms with van der Waals surface area (Å²) in [5.41, 5.74) is 7.02. The van der Waals surface area contributed by atoms with Crippen molar-refractivity contribution in [2.24, 2.45) is 5.73 Å². The molecule has 0 atom stereocenters. The molecule has 0 aliphatic heterocycles. The molecule has 0 bridgehead atoms. The van der Waals surface area contributed by atoms with Crippen LogP contribution in [0.1, 0.15) is 30.9 Å². The number of nitrogens with two attached hydrogens (primary N) is 1. The van der Waals surface area contributed by atoms with Crippen LogP contribution >= 0.6 is 0 Å². The average molecular weight is 193 g/mol. The molecule has 2 N–H and O–H groups in total. The standard InChI is InChI=1S/C11H15NO2/c1-7(2)9-5-4-8(3)6-10(9)14-11(12)13/h4-7H,1-3H3,(H2,12,13). The van der Waals surface area contributed by atoms with Crippen LogP contribution in [0.15, 0.2) is 18.2 Å². The lowest BCUT2D eigenvalue weighted by atomic mass is 10.0. The SMILES string of the molecule is Cc1ccc(C(C)C)c(OC(N)=O)c1. The lowest BCUT2D eigenvalue weighted by molar-refractivity contribution is 0.210. The average Bonchev–Trinajstić information content (AvgIpc) is 2.01. The van der Waals surface area contributed by atoms with E-state index in [4.69, 9.17) is 10.5 Å². The van der Waals surface area contributed by atoms with Crippen molar-refractivity contribution in [3.63, 3.8) is 0 Å². The molecule has 0 aliphatic carbocycles. The van der Waals surface area contributed by atoms with E-state index in [0.717, 1.165) is 11.1 Å². The molecule has 0 heterocycles. The van der Waals surface area contributed by atoms with Crippen molar-refractivity contribution < 1.29 is 9.53 Å². The van der Waals surface area contributed by atoms with Crippen LogP contribution in [-0.2, 0) is 0 Å². The number of primary amides is 1. The Morgan fingerprint density at radius 3 is 2.57 bits per heavy atom. The van der Waals surface area contributed by atoms with Gasteiger partial charge in [0.15, 0.2) is 0 Å². The molecule has 0 saturated carbocycles. The van der Waals surface area contributed by atoms with Gasteiger partial charge < -0.3 is 10.5 Å². The fourth-order valence-corrected chi connectivity index (χ4v) is 1.32. The van der Waals surface area contributed by atoms with Gasteiger partial charge in [0.05, 0.1) is 0 Å². The van der Waals surface area contributed by atoms with E-state index >= 15 is 0 Å². The van der Waals surface area contributed by atoms with E-state index in [2.05, 4.69) is 0 Å². The highest BCUT2D eigenvalue weighted by Gasteiger charge is 2.09. The van der Waals surface area contributed by atoms with Crippen LogP contribution in [0.5, 0.6) is 5.75 Å². The number of hydrogen-bond donors (Lipinski definition) is 1. The molecule has 0 spiro atoms. The summed E-state index contributed by atoms with van der Waals surface area (Å²) < 4.78 is 4.93. The van der Waals surface area contributed by atoms with E-state index in [1.54, 1.807) is 0 Å². The highest BCUT2D eigenvalue weighted by atomic mass is 16.5. The third-order valence-corrected chi connectivity index (χ3v) is 2.00. The number of carbonyl (C=O) groups is 1. The predicted molar refractivity (Wildman–Crippen MR) is 55.5 cm³/mol. The molecule has 0 unspecified atom stereocenters. The number of amides is 1. The van der Waals surface area contributed by atoms with E-state index in [1.807, 2.05) is 39.0 Å². The molecule has 3 heteroatoms. The number of rotatable bonds is 2. The maximum absolute atomic E-state index is 10.7. The van der Waals surface area contributed by atoms with Crippen LogP contribution in [0.3, 0.4) is 0 Å². The molecular weight excluding hydrogens is 178 g/mol. The Hall–Kier alpha value is -1.51. The quantitative estimate of drug-likeness (QED) is 0.784. The number of hydrogen-bond acceptors (Lipinski definition) is 2. The molecule has 1 amide bonds. The second-order valence-electron chi connectivity index (χ2n) is 3.62. The van der Waals surface area contributed by atoms with Crippen molar-refractivity contribution in [3.05, 3.63) is 29.3 Å². The first-order valence-electron chi connectivity index (χ1n) is 4.58. The van der Waals surface area contributed by atoms with Crippen LogP contribution in [-0.4, -0.2) is 6.09 Å². The summed E-state index contributed by atoms with van der Waals surface area (Å²) in [6.07, 6.45) is -0.766. The zero-order valence-corrected chi connectivity index (χ0v) is 8.70. The second-order valence-corrected chi connectivity index (χ2v) is 3.62. The highest BCUT2D eigenvalue weighted by Crippen LogP contribution is 2.27. The largest absolute Gasteiger partial charge is 0.410 e. The van der Waals surface area contributed by atoms with Crippen LogP contribution in [0.2, 0.25) is 0 Å². The normalized spacial score (nSPS) is 10.3. The molecule has 76 valence electrons. The summed E-state index contributed by atoms with van der Waals surface area (Å²) >= 11 is 0. The van der Waals surface area contributed by atoms with Gasteiger partial charge in [0, 0.05) is 0 Å². The molecule has 0 fully saturated rings. The Labute approximate surface area is 83.9 Å². The molecular formula is C11H15NO2. The fourth-order valence-electron chi connectivity index (χ4n) is 1.32. The number of aryl methyl sites for hydroxylation is 1. The highest BCUT2D eigenvalue weighted by molar-refractivity contribution is 5.68. The first-order chi connectivity index (χ1) is 6.50. The Balaban J connectivity index is 3.09. The van der Waals surface area contributed by atoms with Gasteiger partial charge in [0.25, 0.3) is 0 Å². The topological polar surface area (TPSA) is 52.3 Å². The van der Waals surface area contributed by atoms with Gasteiger partial charge in [0.1, 0.15) is 5.75 Å².